The van der Waals surface area contributed by atoms with Crippen molar-refractivity contribution in [3.05, 3.63) is 64.7 Å². The molecule has 3 heterocycles. The molecule has 4 rings (SSSR count). The quantitative estimate of drug-likeness (QED) is 0.381. The number of nitrogens with two attached hydrogens (primary N) is 1. The Morgan fingerprint density at radius 1 is 1.19 bits per heavy atom. The van der Waals surface area contributed by atoms with E-state index in [1.807, 2.05) is 32.0 Å². The number of piperidine rings is 1. The first-order valence-electron chi connectivity index (χ1n) is 12.5. The number of Topliss-reactive ketones (excluding diaryl/α,β-unsaturated/α-hetero) is 1. The van der Waals surface area contributed by atoms with Crippen molar-refractivity contribution in [2.75, 3.05) is 18.8 Å². The Kier molecular flexibility index (Phi) is 8.08. The molecule has 0 amide bonds. The fourth-order valence-electron chi connectivity index (χ4n) is 4.80. The number of carbonyl (C=O) groups is 1. The molecule has 0 bridgehead atoms. The fraction of sp³-hybridized carbons (Fsp3) is 0.393. The molecular formula is C28H33N6OP. The summed E-state index contributed by atoms with van der Waals surface area (Å²) in [4.78, 5) is 28.5. The molecule has 0 saturated carbocycles. The summed E-state index contributed by atoms with van der Waals surface area (Å²) in [5, 5.41) is 9.95. The third-order valence-corrected chi connectivity index (χ3v) is 7.60. The molecule has 1 unspecified atom stereocenters. The standard InChI is InChI=1S/C28H33N6OP/c1-4-21-22(25(35)17(2)3)6-7-23(26(21)36)24-8-5-20(27(30)33-24)16-34-11-9-19(10-12-34)28-31-14-18(13-29)15-32-28/h5-8,14-15,17,19H,4,9-12,16,36H2,1-3H3,(H2,30,33). The third kappa shape index (κ3) is 5.46. The summed E-state index contributed by atoms with van der Waals surface area (Å²) in [6.45, 7) is 8.54. The van der Waals surface area contributed by atoms with Gasteiger partial charge >= 0.3 is 0 Å². The highest BCUT2D eigenvalue weighted by Gasteiger charge is 2.24. The Hall–Kier alpha value is -3.20. The molecule has 3 aromatic rings. The molecule has 1 aliphatic rings. The van der Waals surface area contributed by atoms with E-state index in [-0.39, 0.29) is 11.7 Å². The summed E-state index contributed by atoms with van der Waals surface area (Å²) < 4.78 is 0. The van der Waals surface area contributed by atoms with Crippen LogP contribution in [-0.4, -0.2) is 38.7 Å². The zero-order valence-electron chi connectivity index (χ0n) is 21.2. The molecule has 0 spiro atoms. The van der Waals surface area contributed by atoms with E-state index in [4.69, 9.17) is 16.0 Å². The first kappa shape index (κ1) is 25.9. The summed E-state index contributed by atoms with van der Waals surface area (Å²) in [5.74, 6) is 1.79. The highest BCUT2D eigenvalue weighted by Crippen LogP contribution is 2.29. The minimum absolute atomic E-state index is 0.0414. The van der Waals surface area contributed by atoms with Gasteiger partial charge in [0.05, 0.1) is 11.3 Å². The maximum absolute atomic E-state index is 12.7. The van der Waals surface area contributed by atoms with E-state index >= 15 is 0 Å². The number of carbonyl (C=O) groups excluding carboxylic acids is 1. The van der Waals surface area contributed by atoms with Crippen LogP contribution in [0, 0.1) is 17.2 Å². The SMILES string of the molecule is CCc1c(C(=O)C(C)C)ccc(-c2ccc(CN3CCC(c4ncc(C#N)cn4)CC3)c(N)n2)c1P. The van der Waals surface area contributed by atoms with E-state index in [1.54, 1.807) is 12.4 Å². The van der Waals surface area contributed by atoms with Gasteiger partial charge in [0, 0.05) is 47.5 Å². The van der Waals surface area contributed by atoms with Crippen LogP contribution in [0.15, 0.2) is 36.7 Å². The van der Waals surface area contributed by atoms with E-state index in [9.17, 15) is 4.79 Å². The third-order valence-electron chi connectivity index (χ3n) is 6.94. The molecule has 0 radical (unpaired) electrons. The van der Waals surface area contributed by atoms with Crippen LogP contribution in [0.3, 0.4) is 0 Å². The molecule has 1 atom stereocenters. The van der Waals surface area contributed by atoms with Crippen LogP contribution in [0.4, 0.5) is 5.82 Å². The van der Waals surface area contributed by atoms with Crippen LogP contribution >= 0.6 is 9.24 Å². The Morgan fingerprint density at radius 3 is 2.47 bits per heavy atom. The predicted molar refractivity (Wildman–Crippen MR) is 146 cm³/mol. The minimum atomic E-state index is -0.0414. The van der Waals surface area contributed by atoms with Gasteiger partial charge in [0.2, 0.25) is 0 Å². The molecule has 36 heavy (non-hydrogen) atoms. The second kappa shape index (κ2) is 11.2. The number of aromatic nitrogens is 3. The molecule has 2 N–H and O–H groups in total. The monoisotopic (exact) mass is 500 g/mol. The van der Waals surface area contributed by atoms with Gasteiger partial charge in [0.1, 0.15) is 17.7 Å². The maximum atomic E-state index is 12.7. The smallest absolute Gasteiger partial charge is 0.165 e. The second-order valence-corrected chi connectivity index (χ2v) is 10.2. The maximum Gasteiger partial charge on any atom is 0.165 e. The van der Waals surface area contributed by atoms with Crippen molar-refractivity contribution in [1.82, 2.24) is 19.9 Å². The van der Waals surface area contributed by atoms with Crippen LogP contribution in [-0.2, 0) is 13.0 Å². The number of ketones is 1. The van der Waals surface area contributed by atoms with E-state index in [2.05, 4.69) is 43.2 Å². The number of benzene rings is 1. The van der Waals surface area contributed by atoms with Gasteiger partial charge in [-0.05, 0) is 49.3 Å². The average molecular weight is 501 g/mol. The molecule has 1 aliphatic heterocycles. The van der Waals surface area contributed by atoms with E-state index in [0.717, 1.165) is 78.0 Å². The van der Waals surface area contributed by atoms with Crippen molar-refractivity contribution in [1.29, 1.82) is 5.26 Å². The first-order valence-corrected chi connectivity index (χ1v) is 13.1. The number of hydrogen-bond acceptors (Lipinski definition) is 7. The van der Waals surface area contributed by atoms with Crippen molar-refractivity contribution in [2.45, 2.75) is 52.5 Å². The topological polar surface area (TPSA) is 109 Å². The van der Waals surface area contributed by atoms with Gasteiger partial charge in [-0.2, -0.15) is 5.26 Å². The van der Waals surface area contributed by atoms with E-state index in [0.29, 0.717) is 17.3 Å². The van der Waals surface area contributed by atoms with Crippen molar-refractivity contribution in [2.24, 2.45) is 5.92 Å². The average Bonchev–Trinajstić information content (AvgIpc) is 2.89. The minimum Gasteiger partial charge on any atom is -0.383 e. The number of pyridine rings is 1. The van der Waals surface area contributed by atoms with Crippen molar-refractivity contribution >= 4 is 26.1 Å². The Morgan fingerprint density at radius 2 is 1.89 bits per heavy atom. The summed E-state index contributed by atoms with van der Waals surface area (Å²) in [6.07, 6.45) is 5.91. The fourth-order valence-corrected chi connectivity index (χ4v) is 5.40. The molecule has 1 aromatic carbocycles. The zero-order valence-corrected chi connectivity index (χ0v) is 22.3. The Balaban J connectivity index is 1.45. The lowest BCUT2D eigenvalue weighted by atomic mass is 9.92. The van der Waals surface area contributed by atoms with E-state index in [1.165, 1.54) is 0 Å². The number of rotatable bonds is 7. The number of anilines is 1. The summed E-state index contributed by atoms with van der Waals surface area (Å²) in [6, 6.07) is 10.1. The number of hydrogen-bond donors (Lipinski definition) is 1. The lowest BCUT2D eigenvalue weighted by molar-refractivity contribution is 0.0938. The van der Waals surface area contributed by atoms with E-state index < -0.39 is 0 Å². The summed E-state index contributed by atoms with van der Waals surface area (Å²) in [7, 11) is 2.81. The number of likely N-dealkylation sites (tertiary alicyclic amines) is 1. The largest absolute Gasteiger partial charge is 0.383 e. The second-order valence-electron chi connectivity index (χ2n) is 9.66. The van der Waals surface area contributed by atoms with Crippen molar-refractivity contribution in [3.63, 3.8) is 0 Å². The van der Waals surface area contributed by atoms with Crippen LogP contribution < -0.4 is 11.0 Å². The summed E-state index contributed by atoms with van der Waals surface area (Å²) >= 11 is 0. The van der Waals surface area contributed by atoms with Crippen molar-refractivity contribution in [3.8, 4) is 17.3 Å². The number of nitrogen functional groups attached to an aromatic ring is 1. The van der Waals surface area contributed by atoms with Gasteiger partial charge in [0.15, 0.2) is 5.78 Å². The molecule has 1 saturated heterocycles. The molecule has 186 valence electrons. The van der Waals surface area contributed by atoms with Gasteiger partial charge in [-0.25, -0.2) is 15.0 Å². The molecular weight excluding hydrogens is 467 g/mol. The normalized spacial score (nSPS) is 14.7. The van der Waals surface area contributed by atoms with Crippen LogP contribution in [0.5, 0.6) is 0 Å². The summed E-state index contributed by atoms with van der Waals surface area (Å²) in [5.41, 5.74) is 11.6. The highest BCUT2D eigenvalue weighted by molar-refractivity contribution is 7.28. The van der Waals surface area contributed by atoms with Gasteiger partial charge in [0.25, 0.3) is 0 Å². The van der Waals surface area contributed by atoms with Gasteiger partial charge in [-0.1, -0.05) is 39.0 Å². The molecule has 7 nitrogen and oxygen atoms in total. The highest BCUT2D eigenvalue weighted by atomic mass is 31.0. The molecule has 1 fully saturated rings. The van der Waals surface area contributed by atoms with Crippen molar-refractivity contribution < 1.29 is 4.79 Å². The van der Waals surface area contributed by atoms with Gasteiger partial charge < -0.3 is 5.73 Å². The van der Waals surface area contributed by atoms with Crippen LogP contribution in [0.2, 0.25) is 0 Å². The lowest BCUT2D eigenvalue weighted by Crippen LogP contribution is -2.33. The predicted octanol–water partition coefficient (Wildman–Crippen LogP) is 4.27. The van der Waals surface area contributed by atoms with Crippen LogP contribution in [0.1, 0.15) is 72.4 Å². The first-order chi connectivity index (χ1) is 17.3. The molecule has 0 aliphatic carbocycles. The molecule has 2 aromatic heterocycles. The number of nitrogens with zero attached hydrogens (tertiary/aromatic N) is 5. The Bertz CT molecular complexity index is 1290. The zero-order chi connectivity index (χ0) is 25.8. The Labute approximate surface area is 215 Å². The number of nitriles is 1. The van der Waals surface area contributed by atoms with Gasteiger partial charge in [-0.15, -0.1) is 9.24 Å². The lowest BCUT2D eigenvalue weighted by Gasteiger charge is -2.31. The molecule has 8 heteroatoms. The van der Waals surface area contributed by atoms with Gasteiger partial charge in [-0.3, -0.25) is 9.69 Å². The van der Waals surface area contributed by atoms with Crippen LogP contribution in [0.25, 0.3) is 11.3 Å².